The molecule has 148 valence electrons. The normalized spacial score (nSPS) is 19.0. The molecule has 27 heavy (non-hydrogen) atoms. The van der Waals surface area contributed by atoms with Gasteiger partial charge in [0.25, 0.3) is 0 Å². The van der Waals surface area contributed by atoms with Gasteiger partial charge in [0.1, 0.15) is 5.82 Å². The molecule has 1 aromatic carbocycles. The number of aryl methyl sites for hydroxylation is 1. The second-order valence-electron chi connectivity index (χ2n) is 6.78. The summed E-state index contributed by atoms with van der Waals surface area (Å²) in [5.41, 5.74) is 1.43. The Morgan fingerprint density at radius 3 is 2.85 bits per heavy atom. The van der Waals surface area contributed by atoms with E-state index < -0.39 is 0 Å². The number of hydrogen-bond acceptors (Lipinski definition) is 3. The maximum absolute atomic E-state index is 14.2. The second kappa shape index (κ2) is 9.53. The van der Waals surface area contributed by atoms with Gasteiger partial charge in [-0.05, 0) is 24.1 Å². The predicted molar refractivity (Wildman–Crippen MR) is 107 cm³/mol. The highest BCUT2D eigenvalue weighted by Gasteiger charge is 2.37. The van der Waals surface area contributed by atoms with E-state index in [1.807, 2.05) is 26.4 Å². The molecule has 8 heteroatoms. The van der Waals surface area contributed by atoms with Gasteiger partial charge in [0.05, 0.1) is 12.1 Å². The number of hydrogen-bond donors (Lipinski definition) is 1. The quantitative estimate of drug-likeness (QED) is 0.787. The van der Waals surface area contributed by atoms with Crippen molar-refractivity contribution < 1.29 is 9.18 Å². The molecule has 1 amide bonds. The van der Waals surface area contributed by atoms with Crippen LogP contribution in [-0.4, -0.2) is 40.2 Å². The van der Waals surface area contributed by atoms with E-state index in [0.29, 0.717) is 23.7 Å². The third-order valence-corrected chi connectivity index (χ3v) is 5.25. The van der Waals surface area contributed by atoms with Gasteiger partial charge in [0.15, 0.2) is 0 Å². The van der Waals surface area contributed by atoms with E-state index in [4.69, 9.17) is 11.6 Å². The molecule has 3 rings (SSSR count). The molecule has 2 aromatic rings. The average Bonchev–Trinajstić information content (AvgIpc) is 3.25. The molecule has 1 saturated heterocycles. The van der Waals surface area contributed by atoms with Crippen LogP contribution in [0.1, 0.15) is 30.4 Å². The number of aromatic nitrogens is 2. The van der Waals surface area contributed by atoms with Gasteiger partial charge >= 0.3 is 0 Å². The van der Waals surface area contributed by atoms with Crippen LogP contribution in [0.2, 0.25) is 5.02 Å². The van der Waals surface area contributed by atoms with Crippen molar-refractivity contribution in [3.63, 3.8) is 0 Å². The van der Waals surface area contributed by atoms with E-state index in [2.05, 4.69) is 10.4 Å². The second-order valence-corrected chi connectivity index (χ2v) is 7.19. The molecule has 0 aliphatic carbocycles. The molecule has 0 saturated carbocycles. The largest absolute Gasteiger partial charge is 0.338 e. The number of rotatable bonds is 6. The molecule has 1 aromatic heterocycles. The molecular weight excluding hydrogens is 390 g/mol. The van der Waals surface area contributed by atoms with Crippen molar-refractivity contribution in [3.8, 4) is 0 Å². The van der Waals surface area contributed by atoms with E-state index in [1.165, 1.54) is 6.07 Å². The van der Waals surface area contributed by atoms with Crippen LogP contribution in [0.25, 0.3) is 0 Å². The van der Waals surface area contributed by atoms with Gasteiger partial charge in [0.2, 0.25) is 5.91 Å². The summed E-state index contributed by atoms with van der Waals surface area (Å²) in [6.45, 7) is 4.12. The Kier molecular flexibility index (Phi) is 7.65. The van der Waals surface area contributed by atoms with Gasteiger partial charge in [0, 0.05) is 55.9 Å². The smallest absolute Gasteiger partial charge is 0.227 e. The summed E-state index contributed by atoms with van der Waals surface area (Å²) in [5, 5.41) is 7.89. The van der Waals surface area contributed by atoms with Crippen LogP contribution >= 0.6 is 24.0 Å². The molecule has 0 spiro atoms. The van der Waals surface area contributed by atoms with E-state index in [0.717, 1.165) is 18.5 Å². The van der Waals surface area contributed by atoms with Crippen LogP contribution in [0.3, 0.4) is 0 Å². The van der Waals surface area contributed by atoms with E-state index in [9.17, 15) is 9.18 Å². The summed E-state index contributed by atoms with van der Waals surface area (Å²) in [6.07, 6.45) is 4.57. The summed E-state index contributed by atoms with van der Waals surface area (Å²) in [6, 6.07) is 4.61. The monoisotopic (exact) mass is 414 g/mol. The Morgan fingerprint density at radius 1 is 1.44 bits per heavy atom. The van der Waals surface area contributed by atoms with E-state index >= 15 is 0 Å². The van der Waals surface area contributed by atoms with Crippen molar-refractivity contribution in [2.75, 3.05) is 19.6 Å². The van der Waals surface area contributed by atoms with Crippen molar-refractivity contribution in [1.29, 1.82) is 0 Å². The lowest BCUT2D eigenvalue weighted by Crippen LogP contribution is -2.39. The lowest BCUT2D eigenvalue weighted by atomic mass is 9.89. The highest BCUT2D eigenvalue weighted by molar-refractivity contribution is 6.31. The molecule has 0 unspecified atom stereocenters. The maximum atomic E-state index is 14.2. The Labute approximate surface area is 170 Å². The number of amides is 1. The first kappa shape index (κ1) is 21.7. The molecular formula is C19H25Cl2FN4O. The van der Waals surface area contributed by atoms with Gasteiger partial charge in [-0.3, -0.25) is 9.48 Å². The SMILES string of the molecule is CCCN(Cc1c(F)cccc1Cl)C(=O)[C@H]1CNC[C@@H]1c1cnn(C)c1.Cl. The van der Waals surface area contributed by atoms with Gasteiger partial charge in [-0.1, -0.05) is 24.6 Å². The first-order chi connectivity index (χ1) is 12.5. The highest BCUT2D eigenvalue weighted by Crippen LogP contribution is 2.30. The predicted octanol–water partition coefficient (Wildman–Crippen LogP) is 3.38. The molecule has 2 atom stereocenters. The summed E-state index contributed by atoms with van der Waals surface area (Å²) in [4.78, 5) is 15.0. The van der Waals surface area contributed by atoms with Crippen LogP contribution in [-0.2, 0) is 18.4 Å². The fourth-order valence-corrected chi connectivity index (χ4v) is 3.79. The molecule has 1 N–H and O–H groups in total. The number of halogens is 3. The lowest BCUT2D eigenvalue weighted by molar-refractivity contribution is -0.136. The van der Waals surface area contributed by atoms with Gasteiger partial charge in [-0.15, -0.1) is 12.4 Å². The van der Waals surface area contributed by atoms with Crippen LogP contribution < -0.4 is 5.32 Å². The fraction of sp³-hybridized carbons (Fsp3) is 0.474. The maximum Gasteiger partial charge on any atom is 0.227 e. The third-order valence-electron chi connectivity index (χ3n) is 4.90. The fourth-order valence-electron chi connectivity index (χ4n) is 3.57. The number of benzene rings is 1. The standard InChI is InChI=1S/C19H24ClFN4O.ClH/c1-3-7-25(12-16-17(20)5-4-6-18(16)21)19(26)15-10-22-9-14(15)13-8-23-24(2)11-13;/h4-6,8,11,14-15,22H,3,7,9-10,12H2,1-2H3;1H/t14-,15+;/m1./s1. The minimum Gasteiger partial charge on any atom is -0.338 e. The van der Waals surface area contributed by atoms with Crippen molar-refractivity contribution in [2.24, 2.45) is 13.0 Å². The Hall–Kier alpha value is -1.63. The van der Waals surface area contributed by atoms with Gasteiger partial charge < -0.3 is 10.2 Å². The zero-order valence-corrected chi connectivity index (χ0v) is 17.1. The average molecular weight is 415 g/mol. The van der Waals surface area contributed by atoms with E-state index in [1.54, 1.807) is 21.7 Å². The summed E-state index contributed by atoms with van der Waals surface area (Å²) >= 11 is 6.16. The number of nitrogens with one attached hydrogen (secondary N) is 1. The molecule has 2 heterocycles. The van der Waals surface area contributed by atoms with Crippen molar-refractivity contribution in [1.82, 2.24) is 20.0 Å². The highest BCUT2D eigenvalue weighted by atomic mass is 35.5. The zero-order chi connectivity index (χ0) is 18.7. The molecule has 1 aliphatic heterocycles. The third kappa shape index (κ3) is 4.81. The Balaban J connectivity index is 0.00000261. The number of carbonyl (C=O) groups excluding carboxylic acids is 1. The minimum absolute atomic E-state index is 0. The number of carbonyl (C=O) groups is 1. The van der Waals surface area contributed by atoms with Crippen LogP contribution in [0.4, 0.5) is 4.39 Å². The molecule has 0 bridgehead atoms. The van der Waals surface area contributed by atoms with Crippen LogP contribution in [0, 0.1) is 11.7 Å². The molecule has 0 radical (unpaired) electrons. The summed E-state index contributed by atoms with van der Waals surface area (Å²) in [5.74, 6) is -0.451. The van der Waals surface area contributed by atoms with Gasteiger partial charge in [-0.2, -0.15) is 5.10 Å². The molecule has 1 aliphatic rings. The minimum atomic E-state index is -0.375. The van der Waals surface area contributed by atoms with Crippen molar-refractivity contribution in [3.05, 3.63) is 52.6 Å². The summed E-state index contributed by atoms with van der Waals surface area (Å²) in [7, 11) is 1.87. The van der Waals surface area contributed by atoms with Crippen molar-refractivity contribution in [2.45, 2.75) is 25.8 Å². The first-order valence-corrected chi connectivity index (χ1v) is 9.30. The van der Waals surface area contributed by atoms with Crippen LogP contribution in [0.5, 0.6) is 0 Å². The molecule has 1 fully saturated rings. The van der Waals surface area contributed by atoms with E-state index in [-0.39, 0.29) is 42.5 Å². The number of nitrogens with zero attached hydrogens (tertiary/aromatic N) is 3. The Bertz CT molecular complexity index is 763. The topological polar surface area (TPSA) is 50.2 Å². The zero-order valence-electron chi connectivity index (χ0n) is 15.5. The van der Waals surface area contributed by atoms with Gasteiger partial charge in [-0.25, -0.2) is 4.39 Å². The van der Waals surface area contributed by atoms with Crippen molar-refractivity contribution >= 4 is 29.9 Å². The molecule has 5 nitrogen and oxygen atoms in total. The summed E-state index contributed by atoms with van der Waals surface area (Å²) < 4.78 is 15.9. The first-order valence-electron chi connectivity index (χ1n) is 8.92. The van der Waals surface area contributed by atoms with Crippen LogP contribution in [0.15, 0.2) is 30.6 Å². The Morgan fingerprint density at radius 2 is 2.22 bits per heavy atom. The lowest BCUT2D eigenvalue weighted by Gasteiger charge is -2.28.